The van der Waals surface area contributed by atoms with E-state index in [2.05, 4.69) is 13.8 Å². The van der Waals surface area contributed by atoms with Crippen molar-refractivity contribution in [3.63, 3.8) is 0 Å². The molecule has 0 spiro atoms. The smallest absolute Gasteiger partial charge is 0.337 e. The van der Waals surface area contributed by atoms with Crippen LogP contribution in [-0.4, -0.2) is 22.2 Å². The van der Waals surface area contributed by atoms with Crippen LogP contribution in [0.1, 0.15) is 65.8 Å². The summed E-state index contributed by atoms with van der Waals surface area (Å²) >= 11 is 0. The molecule has 2 rings (SSSR count). The van der Waals surface area contributed by atoms with Gasteiger partial charge in [0.2, 0.25) is 0 Å². The number of aryl methyl sites for hydroxylation is 1. The highest BCUT2D eigenvalue weighted by atomic mass is 16.4. The van der Waals surface area contributed by atoms with E-state index in [9.17, 15) is 19.8 Å². The Hall–Kier alpha value is -2.36. The summed E-state index contributed by atoms with van der Waals surface area (Å²) in [6.45, 7) is 4.37. The zero-order chi connectivity index (χ0) is 17.7. The average molecular weight is 328 g/mol. The molecule has 24 heavy (non-hydrogen) atoms. The van der Waals surface area contributed by atoms with Crippen LogP contribution in [0.4, 0.5) is 0 Å². The lowest BCUT2D eigenvalue weighted by atomic mass is 9.91. The van der Waals surface area contributed by atoms with Gasteiger partial charge in [0, 0.05) is 0 Å². The fourth-order valence-corrected chi connectivity index (χ4v) is 3.11. The number of hydrogen-bond acceptors (Lipinski definition) is 2. The number of unbranched alkanes of at least 4 members (excludes halogenated alkanes) is 2. The van der Waals surface area contributed by atoms with Crippen molar-refractivity contribution in [3.8, 4) is 0 Å². The molecule has 0 amide bonds. The van der Waals surface area contributed by atoms with Gasteiger partial charge in [-0.05, 0) is 35.1 Å². The van der Waals surface area contributed by atoms with Gasteiger partial charge in [0.25, 0.3) is 0 Å². The molecule has 0 aromatic heterocycles. The van der Waals surface area contributed by atoms with Crippen LogP contribution < -0.4 is 0 Å². The third kappa shape index (κ3) is 4.13. The maximum absolute atomic E-state index is 11.7. The Bertz CT molecular complexity index is 747. The summed E-state index contributed by atoms with van der Waals surface area (Å²) < 4.78 is 0. The predicted molar refractivity (Wildman–Crippen MR) is 94.9 cm³/mol. The Labute approximate surface area is 142 Å². The van der Waals surface area contributed by atoms with Crippen molar-refractivity contribution in [1.29, 1.82) is 0 Å². The molecule has 0 saturated carbocycles. The number of fused-ring (bicyclic) bond motifs is 1. The monoisotopic (exact) mass is 328 g/mol. The molecule has 0 bridgehead atoms. The van der Waals surface area contributed by atoms with Crippen LogP contribution in [0, 0.1) is 5.92 Å². The Morgan fingerprint density at radius 2 is 1.62 bits per heavy atom. The molecule has 0 atom stereocenters. The lowest BCUT2D eigenvalue weighted by Crippen LogP contribution is -2.12. The summed E-state index contributed by atoms with van der Waals surface area (Å²) in [5.74, 6) is -1.69. The second-order valence-electron chi connectivity index (χ2n) is 6.61. The second-order valence-corrected chi connectivity index (χ2v) is 6.61. The summed E-state index contributed by atoms with van der Waals surface area (Å²) in [6, 6.07) is 8.88. The highest BCUT2D eigenvalue weighted by Gasteiger charge is 2.23. The SMILES string of the molecule is CC(C)CCCCCc1cc2ccccc2c(C(=O)O)c1C(=O)O. The van der Waals surface area contributed by atoms with E-state index in [0.717, 1.165) is 31.1 Å². The van der Waals surface area contributed by atoms with Crippen LogP contribution in [0.5, 0.6) is 0 Å². The maximum Gasteiger partial charge on any atom is 0.337 e. The summed E-state index contributed by atoms with van der Waals surface area (Å²) in [7, 11) is 0. The normalized spacial score (nSPS) is 11.1. The standard InChI is InChI=1S/C20H24O4/c1-13(2)8-4-3-5-10-15-12-14-9-6-7-11-16(14)18(20(23)24)17(15)19(21)22/h6-7,9,11-13H,3-5,8,10H2,1-2H3,(H,21,22)(H,23,24). The number of aromatic carboxylic acids is 2. The van der Waals surface area contributed by atoms with Gasteiger partial charge in [-0.1, -0.05) is 63.4 Å². The van der Waals surface area contributed by atoms with Crippen LogP contribution >= 0.6 is 0 Å². The molecule has 0 fully saturated rings. The van der Waals surface area contributed by atoms with Gasteiger partial charge in [-0.25, -0.2) is 9.59 Å². The molecule has 2 aromatic rings. The van der Waals surface area contributed by atoms with Crippen LogP contribution in [0.25, 0.3) is 10.8 Å². The van der Waals surface area contributed by atoms with E-state index in [1.54, 1.807) is 12.1 Å². The Kier molecular flexibility index (Phi) is 5.96. The molecule has 2 N–H and O–H groups in total. The lowest BCUT2D eigenvalue weighted by molar-refractivity contribution is 0.0652. The molecule has 2 aromatic carbocycles. The molecule has 0 unspecified atom stereocenters. The van der Waals surface area contributed by atoms with Crippen molar-refractivity contribution in [2.45, 2.75) is 46.0 Å². The molecule has 128 valence electrons. The van der Waals surface area contributed by atoms with E-state index in [-0.39, 0.29) is 11.1 Å². The van der Waals surface area contributed by atoms with Crippen molar-refractivity contribution in [2.75, 3.05) is 0 Å². The first-order valence-corrected chi connectivity index (χ1v) is 8.43. The van der Waals surface area contributed by atoms with Crippen molar-refractivity contribution >= 4 is 22.7 Å². The first-order chi connectivity index (χ1) is 11.4. The van der Waals surface area contributed by atoms with Crippen LogP contribution in [0.15, 0.2) is 30.3 Å². The van der Waals surface area contributed by atoms with E-state index in [1.807, 2.05) is 18.2 Å². The number of carbonyl (C=O) groups is 2. The molecule has 4 heteroatoms. The molecular weight excluding hydrogens is 304 g/mol. The van der Waals surface area contributed by atoms with Crippen molar-refractivity contribution < 1.29 is 19.8 Å². The van der Waals surface area contributed by atoms with Gasteiger partial charge < -0.3 is 10.2 Å². The molecule has 4 nitrogen and oxygen atoms in total. The van der Waals surface area contributed by atoms with E-state index in [0.29, 0.717) is 23.3 Å². The minimum Gasteiger partial charge on any atom is -0.478 e. The van der Waals surface area contributed by atoms with Crippen LogP contribution in [0.3, 0.4) is 0 Å². The molecule has 0 heterocycles. The highest BCUT2D eigenvalue weighted by Crippen LogP contribution is 2.28. The third-order valence-electron chi connectivity index (χ3n) is 4.29. The Balaban J connectivity index is 2.36. The fraction of sp³-hybridized carbons (Fsp3) is 0.400. The van der Waals surface area contributed by atoms with E-state index in [4.69, 9.17) is 0 Å². The lowest BCUT2D eigenvalue weighted by Gasteiger charge is -2.13. The zero-order valence-corrected chi connectivity index (χ0v) is 14.2. The zero-order valence-electron chi connectivity index (χ0n) is 14.2. The molecule has 0 aliphatic rings. The number of benzene rings is 2. The number of carboxylic acid groups (broad SMARTS) is 2. The average Bonchev–Trinajstić information content (AvgIpc) is 2.52. The number of hydrogen-bond donors (Lipinski definition) is 2. The van der Waals surface area contributed by atoms with Gasteiger partial charge in [0.05, 0.1) is 11.1 Å². The maximum atomic E-state index is 11.7. The minimum absolute atomic E-state index is 0.0648. The van der Waals surface area contributed by atoms with Gasteiger partial charge in [0.1, 0.15) is 0 Å². The van der Waals surface area contributed by atoms with Gasteiger partial charge in [0.15, 0.2) is 0 Å². The summed E-state index contributed by atoms with van der Waals surface area (Å²) in [4.78, 5) is 23.4. The Morgan fingerprint density at radius 3 is 2.25 bits per heavy atom. The summed E-state index contributed by atoms with van der Waals surface area (Å²) in [6.07, 6.45) is 4.74. The van der Waals surface area contributed by atoms with Crippen molar-refractivity contribution in [1.82, 2.24) is 0 Å². The fourth-order valence-electron chi connectivity index (χ4n) is 3.11. The van der Waals surface area contributed by atoms with Crippen molar-refractivity contribution in [2.24, 2.45) is 5.92 Å². The number of carboxylic acids is 2. The van der Waals surface area contributed by atoms with Crippen LogP contribution in [-0.2, 0) is 6.42 Å². The highest BCUT2D eigenvalue weighted by molar-refractivity contribution is 6.12. The van der Waals surface area contributed by atoms with E-state index in [1.165, 1.54) is 0 Å². The molecule has 0 aliphatic heterocycles. The number of rotatable bonds is 8. The van der Waals surface area contributed by atoms with Gasteiger partial charge >= 0.3 is 11.9 Å². The van der Waals surface area contributed by atoms with Gasteiger partial charge in [-0.2, -0.15) is 0 Å². The quantitative estimate of drug-likeness (QED) is 0.669. The Morgan fingerprint density at radius 1 is 0.958 bits per heavy atom. The third-order valence-corrected chi connectivity index (χ3v) is 4.29. The summed E-state index contributed by atoms with van der Waals surface area (Å²) in [5, 5.41) is 20.4. The molecule has 0 saturated heterocycles. The molecule has 0 aliphatic carbocycles. The van der Waals surface area contributed by atoms with Crippen molar-refractivity contribution in [3.05, 3.63) is 47.0 Å². The largest absolute Gasteiger partial charge is 0.478 e. The van der Waals surface area contributed by atoms with Crippen LogP contribution in [0.2, 0.25) is 0 Å². The topological polar surface area (TPSA) is 74.6 Å². The summed E-state index contributed by atoms with van der Waals surface area (Å²) in [5.41, 5.74) is 0.450. The predicted octanol–water partition coefficient (Wildman–Crippen LogP) is 5.00. The first kappa shape index (κ1) is 18.0. The van der Waals surface area contributed by atoms with Gasteiger partial charge in [-0.15, -0.1) is 0 Å². The van der Waals surface area contributed by atoms with E-state index >= 15 is 0 Å². The molecular formula is C20H24O4. The van der Waals surface area contributed by atoms with Gasteiger partial charge in [-0.3, -0.25) is 0 Å². The second kappa shape index (κ2) is 7.95. The molecule has 0 radical (unpaired) electrons. The van der Waals surface area contributed by atoms with E-state index < -0.39 is 11.9 Å². The minimum atomic E-state index is -1.19. The first-order valence-electron chi connectivity index (χ1n) is 8.43.